The Labute approximate surface area is 205 Å². The van der Waals surface area contributed by atoms with Crippen molar-refractivity contribution in [1.82, 2.24) is 0 Å². The zero-order valence-electron chi connectivity index (χ0n) is 18.8. The van der Waals surface area contributed by atoms with Crippen LogP contribution in [0.4, 0.5) is 0 Å². The van der Waals surface area contributed by atoms with Gasteiger partial charge in [-0.3, -0.25) is 4.79 Å². The molecule has 166 valence electrons. The van der Waals surface area contributed by atoms with E-state index in [1.54, 1.807) is 0 Å². The van der Waals surface area contributed by atoms with E-state index in [0.29, 0.717) is 6.42 Å². The monoisotopic (exact) mass is 496 g/mol. The van der Waals surface area contributed by atoms with Gasteiger partial charge in [-0.2, -0.15) is 0 Å². The molecule has 0 amide bonds. The van der Waals surface area contributed by atoms with Crippen LogP contribution in [0.1, 0.15) is 46.3 Å². The number of benzene rings is 4. The number of hydrogen-bond donors (Lipinski definition) is 0. The van der Waals surface area contributed by atoms with E-state index in [0.717, 1.165) is 35.7 Å². The second-order valence-corrected chi connectivity index (χ2v) is 9.64. The van der Waals surface area contributed by atoms with Gasteiger partial charge in [0.15, 0.2) is 5.78 Å². The van der Waals surface area contributed by atoms with Crippen LogP contribution in [0.25, 0.3) is 0 Å². The Bertz CT molecular complexity index is 1090. The maximum Gasteiger partial charge on any atom is 0.163 e. The Kier molecular flexibility index (Phi) is 7.91. The molecule has 0 spiro atoms. The zero-order chi connectivity index (χ0) is 22.9. The highest BCUT2D eigenvalue weighted by Gasteiger charge is 2.34. The van der Waals surface area contributed by atoms with Crippen molar-refractivity contribution in [2.75, 3.05) is 0 Å². The molecule has 0 heterocycles. The molecule has 0 saturated heterocycles. The lowest BCUT2D eigenvalue weighted by Crippen LogP contribution is -2.31. The third-order valence-electron chi connectivity index (χ3n) is 6.52. The number of aryl methyl sites for hydroxylation is 2. The lowest BCUT2D eigenvalue weighted by Gasteiger charge is -2.35. The van der Waals surface area contributed by atoms with Crippen molar-refractivity contribution in [1.29, 1.82) is 0 Å². The second kappa shape index (κ2) is 11.2. The molecule has 33 heavy (non-hydrogen) atoms. The van der Waals surface area contributed by atoms with E-state index in [-0.39, 0.29) is 11.2 Å². The molecule has 0 aliphatic carbocycles. The first kappa shape index (κ1) is 23.2. The maximum atomic E-state index is 13.5. The third-order valence-corrected chi connectivity index (χ3v) is 7.05. The van der Waals surface area contributed by atoms with Crippen LogP contribution >= 0.6 is 15.9 Å². The zero-order valence-corrected chi connectivity index (χ0v) is 20.4. The Morgan fingerprint density at radius 2 is 1.06 bits per heavy atom. The first-order valence-corrected chi connectivity index (χ1v) is 12.4. The van der Waals surface area contributed by atoms with E-state index in [4.69, 9.17) is 0 Å². The predicted octanol–water partition coefficient (Wildman–Crippen LogP) is 8.23. The fraction of sp³-hybridized carbons (Fsp3) is 0.194. The summed E-state index contributed by atoms with van der Waals surface area (Å²) in [4.78, 5) is 13.5. The summed E-state index contributed by atoms with van der Waals surface area (Å²) in [7, 11) is 0. The molecular weight excluding hydrogens is 468 g/mol. The van der Waals surface area contributed by atoms with Crippen molar-refractivity contribution in [3.8, 4) is 0 Å². The van der Waals surface area contributed by atoms with Crippen molar-refractivity contribution in [2.45, 2.75) is 37.5 Å². The molecule has 0 aliphatic rings. The molecule has 0 radical (unpaired) electrons. The quantitative estimate of drug-likeness (QED) is 0.202. The molecule has 0 atom stereocenters. The van der Waals surface area contributed by atoms with E-state index < -0.39 is 0 Å². The third kappa shape index (κ3) is 6.30. The summed E-state index contributed by atoms with van der Waals surface area (Å²) in [6.45, 7) is 0. The van der Waals surface area contributed by atoms with Crippen LogP contribution in [-0.4, -0.2) is 5.78 Å². The van der Waals surface area contributed by atoms with Gasteiger partial charge in [0.1, 0.15) is 0 Å². The average Bonchev–Trinajstić information content (AvgIpc) is 2.88. The smallest absolute Gasteiger partial charge is 0.163 e. The fourth-order valence-corrected chi connectivity index (χ4v) is 4.85. The molecule has 4 rings (SSSR count). The van der Waals surface area contributed by atoms with Crippen molar-refractivity contribution in [2.24, 2.45) is 0 Å². The lowest BCUT2D eigenvalue weighted by atomic mass is 9.68. The molecule has 0 fully saturated rings. The van der Waals surface area contributed by atoms with Gasteiger partial charge >= 0.3 is 0 Å². The molecule has 0 bridgehead atoms. The normalized spacial score (nSPS) is 11.3. The summed E-state index contributed by atoms with van der Waals surface area (Å²) in [6.07, 6.45) is 4.22. The Hall–Kier alpha value is -2.97. The summed E-state index contributed by atoms with van der Waals surface area (Å²) in [5.41, 5.74) is 4.40. The van der Waals surface area contributed by atoms with Crippen molar-refractivity contribution in [3.63, 3.8) is 0 Å². The Balaban J connectivity index is 1.70. The highest BCUT2D eigenvalue weighted by atomic mass is 79.9. The molecule has 0 unspecified atom stereocenters. The Morgan fingerprint density at radius 3 is 1.55 bits per heavy atom. The minimum absolute atomic E-state index is 0.208. The predicted molar refractivity (Wildman–Crippen MR) is 141 cm³/mol. The van der Waals surface area contributed by atoms with Gasteiger partial charge < -0.3 is 0 Å². The minimum Gasteiger partial charge on any atom is -0.294 e. The maximum absolute atomic E-state index is 13.5. The molecule has 0 aliphatic heterocycles. The van der Waals surface area contributed by atoms with Gasteiger partial charge in [-0.25, -0.2) is 0 Å². The lowest BCUT2D eigenvalue weighted by molar-refractivity contribution is 0.0940. The summed E-state index contributed by atoms with van der Waals surface area (Å²) in [6, 6.07) is 39.5. The topological polar surface area (TPSA) is 17.1 Å². The number of carbonyl (C=O) groups excluding carboxylic acids is 1. The van der Waals surface area contributed by atoms with E-state index >= 15 is 0 Å². The van der Waals surface area contributed by atoms with Crippen LogP contribution in [0.5, 0.6) is 0 Å². The van der Waals surface area contributed by atoms with Gasteiger partial charge in [-0.05, 0) is 54.5 Å². The highest BCUT2D eigenvalue weighted by molar-refractivity contribution is 9.10. The Morgan fingerprint density at radius 1 is 0.606 bits per heavy atom. The molecule has 0 aromatic heterocycles. The van der Waals surface area contributed by atoms with Gasteiger partial charge in [-0.1, -0.05) is 119 Å². The van der Waals surface area contributed by atoms with Crippen LogP contribution < -0.4 is 0 Å². The van der Waals surface area contributed by atoms with Crippen LogP contribution in [-0.2, 0) is 18.3 Å². The van der Waals surface area contributed by atoms with Crippen LogP contribution in [0, 0.1) is 0 Å². The van der Waals surface area contributed by atoms with Crippen LogP contribution in [0.2, 0.25) is 0 Å². The van der Waals surface area contributed by atoms with E-state index in [1.807, 2.05) is 30.3 Å². The van der Waals surface area contributed by atoms with Crippen molar-refractivity contribution in [3.05, 3.63) is 142 Å². The number of carbonyl (C=O) groups is 1. The fourth-order valence-electron chi connectivity index (χ4n) is 4.59. The molecule has 1 nitrogen and oxygen atoms in total. The van der Waals surface area contributed by atoms with Crippen molar-refractivity contribution < 1.29 is 4.79 Å². The number of halogens is 1. The number of Topliss-reactive ketones (excluding diaryl/α,β-unsaturated/α-hetero) is 1. The van der Waals surface area contributed by atoms with Crippen molar-refractivity contribution >= 4 is 21.7 Å². The summed E-state index contributed by atoms with van der Waals surface area (Å²) < 4.78 is 1.06. The SMILES string of the molecule is O=C(CC(CCc1ccccc1)(CCc1ccccc1)c1ccc(Br)cc1)c1ccccc1. The summed E-state index contributed by atoms with van der Waals surface area (Å²) >= 11 is 3.58. The molecule has 4 aromatic carbocycles. The van der Waals surface area contributed by atoms with Crippen LogP contribution in [0.15, 0.2) is 120 Å². The largest absolute Gasteiger partial charge is 0.294 e. The first-order chi connectivity index (χ1) is 16.1. The van der Waals surface area contributed by atoms with Gasteiger partial charge in [0.25, 0.3) is 0 Å². The average molecular weight is 497 g/mol. The summed E-state index contributed by atoms with van der Waals surface area (Å²) in [5.74, 6) is 0.208. The van der Waals surface area contributed by atoms with E-state index in [1.165, 1.54) is 16.7 Å². The molecule has 0 saturated carbocycles. The van der Waals surface area contributed by atoms with E-state index in [2.05, 4.69) is 101 Å². The molecule has 2 heteroatoms. The van der Waals surface area contributed by atoms with E-state index in [9.17, 15) is 4.79 Å². The molecule has 0 N–H and O–H groups in total. The van der Waals surface area contributed by atoms with Gasteiger partial charge in [-0.15, -0.1) is 0 Å². The van der Waals surface area contributed by atoms with Gasteiger partial charge in [0.2, 0.25) is 0 Å². The molecular formula is C31H29BrO. The first-order valence-electron chi connectivity index (χ1n) is 11.6. The van der Waals surface area contributed by atoms with Gasteiger partial charge in [0.05, 0.1) is 0 Å². The number of rotatable bonds is 10. The van der Waals surface area contributed by atoms with Crippen LogP contribution in [0.3, 0.4) is 0 Å². The van der Waals surface area contributed by atoms with Gasteiger partial charge in [0, 0.05) is 21.9 Å². The minimum atomic E-state index is -0.251. The summed E-state index contributed by atoms with van der Waals surface area (Å²) in [5, 5.41) is 0. The highest BCUT2D eigenvalue weighted by Crippen LogP contribution is 2.39. The number of hydrogen-bond acceptors (Lipinski definition) is 1. The second-order valence-electron chi connectivity index (χ2n) is 8.72. The standard InChI is InChI=1S/C31H29BrO/c32-29-18-16-28(17-19-29)31(22-20-25-10-4-1-5-11-25,23-21-26-12-6-2-7-13-26)24-30(33)27-14-8-3-9-15-27/h1-19H,20-24H2. The number of ketones is 1. The molecule has 4 aromatic rings.